The van der Waals surface area contributed by atoms with Gasteiger partial charge in [0, 0.05) is 37.9 Å². The number of fused-ring (bicyclic) bond motifs is 1. The van der Waals surface area contributed by atoms with E-state index in [2.05, 4.69) is 32.7 Å². The maximum Gasteiger partial charge on any atom is 0.243 e. The summed E-state index contributed by atoms with van der Waals surface area (Å²) < 4.78 is 0. The highest BCUT2D eigenvalue weighted by atomic mass is 16.3. The molecule has 7 nitrogen and oxygen atoms in total. The number of aromatic nitrogens is 2. The van der Waals surface area contributed by atoms with Crippen molar-refractivity contribution in [1.82, 2.24) is 15.3 Å². The third-order valence-electron chi connectivity index (χ3n) is 5.09. The summed E-state index contributed by atoms with van der Waals surface area (Å²) in [4.78, 5) is 22.8. The van der Waals surface area contributed by atoms with E-state index in [0.717, 1.165) is 24.9 Å². The number of β-amino-alcohol motifs (C(OH)–C–C–N with tert-alkyl or cyclic N) is 1. The lowest BCUT2D eigenvalue weighted by Crippen LogP contribution is -2.43. The molecule has 0 bridgehead atoms. The minimum absolute atomic E-state index is 0.0819. The number of aliphatic hydroxyl groups is 1. The highest BCUT2D eigenvalue weighted by molar-refractivity contribution is 5.85. The molecule has 136 valence electrons. The number of hydrogen-bond donors (Lipinski definition) is 3. The van der Waals surface area contributed by atoms with Gasteiger partial charge in [-0.1, -0.05) is 12.1 Å². The zero-order valence-corrected chi connectivity index (χ0v) is 14.6. The fraction of sp³-hybridized carbons (Fsp3) is 0.421. The van der Waals surface area contributed by atoms with Crippen molar-refractivity contribution in [2.75, 3.05) is 23.3 Å². The molecule has 3 N–H and O–H groups in total. The monoisotopic (exact) mass is 353 g/mol. The van der Waals surface area contributed by atoms with Crippen molar-refractivity contribution in [2.24, 2.45) is 0 Å². The van der Waals surface area contributed by atoms with Crippen molar-refractivity contribution < 1.29 is 9.90 Å². The number of anilines is 2. The number of carbonyl (C=O) groups is 1. The van der Waals surface area contributed by atoms with Crippen molar-refractivity contribution in [3.8, 4) is 0 Å². The molecule has 0 saturated carbocycles. The van der Waals surface area contributed by atoms with Gasteiger partial charge in [0.05, 0.1) is 6.10 Å². The van der Waals surface area contributed by atoms with Gasteiger partial charge >= 0.3 is 0 Å². The molecule has 4 rings (SSSR count). The molecular formula is C19H23N5O2. The van der Waals surface area contributed by atoms with Gasteiger partial charge in [-0.3, -0.25) is 4.79 Å². The first-order chi connectivity index (χ1) is 12.7. The second-order valence-electron chi connectivity index (χ2n) is 6.82. The summed E-state index contributed by atoms with van der Waals surface area (Å²) >= 11 is 0. The second kappa shape index (κ2) is 7.29. The third kappa shape index (κ3) is 3.35. The summed E-state index contributed by atoms with van der Waals surface area (Å²) in [6.45, 7) is 1.89. The van der Waals surface area contributed by atoms with Crippen LogP contribution in [0.5, 0.6) is 0 Å². The number of aliphatic hydroxyl groups excluding tert-OH is 1. The molecule has 0 radical (unpaired) electrons. The molecule has 1 fully saturated rings. The first-order valence-corrected chi connectivity index (χ1v) is 9.05. The summed E-state index contributed by atoms with van der Waals surface area (Å²) in [5, 5.41) is 16.5. The van der Waals surface area contributed by atoms with Crippen LogP contribution in [0.1, 0.15) is 24.0 Å². The van der Waals surface area contributed by atoms with Gasteiger partial charge in [-0.2, -0.15) is 0 Å². The van der Waals surface area contributed by atoms with Crippen molar-refractivity contribution >= 4 is 17.4 Å². The molecule has 0 spiro atoms. The SMILES string of the molecule is O=C(NCc1cccc2c1CCCN2)C1CC(O)CN1c1ccncn1. The Morgan fingerprint density at radius 3 is 3.15 bits per heavy atom. The smallest absolute Gasteiger partial charge is 0.243 e. The average molecular weight is 353 g/mol. The number of nitrogens with one attached hydrogen (secondary N) is 2. The number of nitrogens with zero attached hydrogens (tertiary/aromatic N) is 3. The van der Waals surface area contributed by atoms with Crippen LogP contribution in [0.4, 0.5) is 11.5 Å². The lowest BCUT2D eigenvalue weighted by molar-refractivity contribution is -0.122. The zero-order valence-electron chi connectivity index (χ0n) is 14.6. The minimum Gasteiger partial charge on any atom is -0.391 e. The number of hydrogen-bond acceptors (Lipinski definition) is 6. The summed E-state index contributed by atoms with van der Waals surface area (Å²) in [5.74, 6) is 0.583. The molecule has 26 heavy (non-hydrogen) atoms. The number of benzene rings is 1. The Hall–Kier alpha value is -2.67. The Morgan fingerprint density at radius 1 is 1.38 bits per heavy atom. The van der Waals surface area contributed by atoms with E-state index >= 15 is 0 Å². The lowest BCUT2D eigenvalue weighted by Gasteiger charge is -2.25. The van der Waals surface area contributed by atoms with Crippen LogP contribution in [0.3, 0.4) is 0 Å². The van der Waals surface area contributed by atoms with Crippen molar-refractivity contribution in [3.63, 3.8) is 0 Å². The highest BCUT2D eigenvalue weighted by Gasteiger charge is 2.36. The summed E-state index contributed by atoms with van der Waals surface area (Å²) in [6.07, 6.45) is 5.11. The van der Waals surface area contributed by atoms with Crippen LogP contribution in [0.15, 0.2) is 36.8 Å². The maximum atomic E-state index is 12.8. The van der Waals surface area contributed by atoms with Gasteiger partial charge in [-0.05, 0) is 36.1 Å². The summed E-state index contributed by atoms with van der Waals surface area (Å²) in [5.41, 5.74) is 3.61. The molecule has 1 amide bonds. The van der Waals surface area contributed by atoms with E-state index in [9.17, 15) is 9.90 Å². The largest absolute Gasteiger partial charge is 0.391 e. The topological polar surface area (TPSA) is 90.4 Å². The van der Waals surface area contributed by atoms with Crippen LogP contribution >= 0.6 is 0 Å². The first-order valence-electron chi connectivity index (χ1n) is 9.05. The molecule has 1 aromatic heterocycles. The molecular weight excluding hydrogens is 330 g/mol. The van der Waals surface area contributed by atoms with E-state index in [0.29, 0.717) is 25.3 Å². The molecule has 2 aliphatic heterocycles. The molecule has 1 saturated heterocycles. The standard InChI is InChI=1S/C19H23N5O2/c25-14-9-17(24(11-14)18-6-8-20-12-23-18)19(26)22-10-13-3-1-5-16-15(13)4-2-7-21-16/h1,3,5-6,8,12,14,17,21,25H,2,4,7,9-11H2,(H,22,26). The molecule has 3 heterocycles. The molecule has 2 unspecified atom stereocenters. The minimum atomic E-state index is -0.533. The Labute approximate surface area is 152 Å². The maximum absolute atomic E-state index is 12.8. The molecule has 2 aromatic rings. The Kier molecular flexibility index (Phi) is 4.71. The van der Waals surface area contributed by atoms with Crippen LogP contribution in [0.2, 0.25) is 0 Å². The van der Waals surface area contributed by atoms with E-state index in [4.69, 9.17) is 0 Å². The van der Waals surface area contributed by atoms with Crippen LogP contribution in [0, 0.1) is 0 Å². The number of amides is 1. The second-order valence-corrected chi connectivity index (χ2v) is 6.82. The molecule has 1 aromatic carbocycles. The first kappa shape index (κ1) is 16.8. The van der Waals surface area contributed by atoms with Crippen molar-refractivity contribution in [3.05, 3.63) is 47.9 Å². The van der Waals surface area contributed by atoms with Crippen LogP contribution in [-0.4, -0.2) is 46.2 Å². The molecule has 2 atom stereocenters. The highest BCUT2D eigenvalue weighted by Crippen LogP contribution is 2.26. The van der Waals surface area contributed by atoms with Gasteiger partial charge in [-0.25, -0.2) is 9.97 Å². The Morgan fingerprint density at radius 2 is 2.31 bits per heavy atom. The van der Waals surface area contributed by atoms with Gasteiger partial charge in [0.1, 0.15) is 18.2 Å². The van der Waals surface area contributed by atoms with E-state index < -0.39 is 12.1 Å². The van der Waals surface area contributed by atoms with Gasteiger partial charge < -0.3 is 20.6 Å². The van der Waals surface area contributed by atoms with Gasteiger partial charge in [0.2, 0.25) is 5.91 Å². The summed E-state index contributed by atoms with van der Waals surface area (Å²) in [6, 6.07) is 7.52. The van der Waals surface area contributed by atoms with Crippen molar-refractivity contribution in [1.29, 1.82) is 0 Å². The lowest BCUT2D eigenvalue weighted by atomic mass is 9.97. The van der Waals surface area contributed by atoms with E-state index in [1.165, 1.54) is 17.6 Å². The Bertz CT molecular complexity index is 783. The predicted molar refractivity (Wildman–Crippen MR) is 98.9 cm³/mol. The number of rotatable bonds is 4. The van der Waals surface area contributed by atoms with Crippen LogP contribution < -0.4 is 15.5 Å². The van der Waals surface area contributed by atoms with E-state index in [1.807, 2.05) is 11.0 Å². The van der Waals surface area contributed by atoms with Crippen LogP contribution in [0.25, 0.3) is 0 Å². The normalized spacial score (nSPS) is 21.8. The van der Waals surface area contributed by atoms with Gasteiger partial charge in [0.15, 0.2) is 0 Å². The molecule has 2 aliphatic rings. The summed E-state index contributed by atoms with van der Waals surface area (Å²) in [7, 11) is 0. The number of carbonyl (C=O) groups excluding carboxylic acids is 1. The van der Waals surface area contributed by atoms with Gasteiger partial charge in [0.25, 0.3) is 0 Å². The van der Waals surface area contributed by atoms with Gasteiger partial charge in [-0.15, -0.1) is 0 Å². The predicted octanol–water partition coefficient (Wildman–Crippen LogP) is 1.09. The van der Waals surface area contributed by atoms with Crippen LogP contribution in [-0.2, 0) is 17.8 Å². The Balaban J connectivity index is 1.46. The van der Waals surface area contributed by atoms with E-state index in [1.54, 1.807) is 12.3 Å². The van der Waals surface area contributed by atoms with Crippen molar-refractivity contribution in [2.45, 2.75) is 38.0 Å². The zero-order chi connectivity index (χ0) is 17.9. The molecule has 7 heteroatoms. The quantitative estimate of drug-likeness (QED) is 0.762. The molecule has 0 aliphatic carbocycles. The fourth-order valence-electron chi connectivity index (χ4n) is 3.82. The van der Waals surface area contributed by atoms with E-state index in [-0.39, 0.29) is 5.91 Å². The third-order valence-corrected chi connectivity index (χ3v) is 5.09. The average Bonchev–Trinajstić information content (AvgIpc) is 3.08. The fourth-order valence-corrected chi connectivity index (χ4v) is 3.82.